The maximum Gasteiger partial charge on any atom is 0.263 e. The fourth-order valence-electron chi connectivity index (χ4n) is 2.89. The Labute approximate surface area is 142 Å². The first-order chi connectivity index (χ1) is 11.2. The van der Waals surface area contributed by atoms with Crippen LogP contribution in [0.5, 0.6) is 0 Å². The molecule has 2 heterocycles. The van der Waals surface area contributed by atoms with E-state index >= 15 is 0 Å². The predicted molar refractivity (Wildman–Crippen MR) is 88.8 cm³/mol. The second-order valence-corrected chi connectivity index (χ2v) is 8.34. The molecule has 0 radical (unpaired) electrons. The van der Waals surface area contributed by atoms with Gasteiger partial charge in [-0.3, -0.25) is 4.79 Å². The summed E-state index contributed by atoms with van der Waals surface area (Å²) in [7, 11) is -3.28. The first-order valence-corrected chi connectivity index (χ1v) is 9.84. The molecule has 2 N–H and O–H groups in total. The molecule has 10 heteroatoms. The average molecular weight is 359 g/mol. The summed E-state index contributed by atoms with van der Waals surface area (Å²) in [5.74, 6) is 1.48. The van der Waals surface area contributed by atoms with Crippen LogP contribution in [-0.2, 0) is 14.8 Å². The molecule has 1 aromatic rings. The van der Waals surface area contributed by atoms with Gasteiger partial charge in [0, 0.05) is 38.9 Å². The standard InChI is InChI=1S/C14H25N5O4S/c1-9(2)11-7-19(13(20)5-6-15-24(4,21)22)8-12(11)17-14-16-10(3)23-18-14/h9,11-12,15H,5-8H2,1-4H3,(H,17,18)/t11-,12+/m1/s1. The van der Waals surface area contributed by atoms with Crippen LogP contribution >= 0.6 is 0 Å². The Bertz CT molecular complexity index is 672. The van der Waals surface area contributed by atoms with Crippen LogP contribution in [0, 0.1) is 18.8 Å². The van der Waals surface area contributed by atoms with Crippen LogP contribution in [-0.4, -0.2) is 61.3 Å². The number of carbonyl (C=O) groups is 1. The molecule has 0 spiro atoms. The highest BCUT2D eigenvalue weighted by Crippen LogP contribution is 2.27. The molecule has 1 amide bonds. The van der Waals surface area contributed by atoms with Gasteiger partial charge in [0.1, 0.15) is 0 Å². The second-order valence-electron chi connectivity index (χ2n) is 6.51. The van der Waals surface area contributed by atoms with Crippen molar-refractivity contribution < 1.29 is 17.7 Å². The first-order valence-electron chi connectivity index (χ1n) is 7.95. The summed E-state index contributed by atoms with van der Waals surface area (Å²) < 4.78 is 29.4. The van der Waals surface area contributed by atoms with Gasteiger partial charge >= 0.3 is 0 Å². The van der Waals surface area contributed by atoms with Crippen molar-refractivity contribution in [3.63, 3.8) is 0 Å². The summed E-state index contributed by atoms with van der Waals surface area (Å²) in [6.45, 7) is 7.22. The van der Waals surface area contributed by atoms with E-state index in [2.05, 4.69) is 34.0 Å². The summed E-state index contributed by atoms with van der Waals surface area (Å²) in [5.41, 5.74) is 0. The van der Waals surface area contributed by atoms with E-state index in [-0.39, 0.29) is 30.8 Å². The molecule has 1 aliphatic heterocycles. The predicted octanol–water partition coefficient (Wildman–Crippen LogP) is 0.212. The molecule has 1 aromatic heterocycles. The number of nitrogens with one attached hydrogen (secondary N) is 2. The number of amides is 1. The minimum Gasteiger partial charge on any atom is -0.347 e. The first kappa shape index (κ1) is 18.7. The van der Waals surface area contributed by atoms with Crippen molar-refractivity contribution in [3.05, 3.63) is 5.89 Å². The lowest BCUT2D eigenvalue weighted by molar-refractivity contribution is -0.130. The summed E-state index contributed by atoms with van der Waals surface area (Å²) in [4.78, 5) is 18.2. The zero-order valence-corrected chi connectivity index (χ0v) is 15.3. The lowest BCUT2D eigenvalue weighted by Crippen LogP contribution is -2.34. The third kappa shape index (κ3) is 5.17. The Kier molecular flexibility index (Phi) is 5.81. The van der Waals surface area contributed by atoms with E-state index in [1.54, 1.807) is 11.8 Å². The highest BCUT2D eigenvalue weighted by molar-refractivity contribution is 7.88. The molecule has 9 nitrogen and oxygen atoms in total. The van der Waals surface area contributed by atoms with Crippen molar-refractivity contribution >= 4 is 21.9 Å². The van der Waals surface area contributed by atoms with Gasteiger partial charge in [0.05, 0.1) is 12.3 Å². The molecule has 0 saturated carbocycles. The van der Waals surface area contributed by atoms with Crippen molar-refractivity contribution in [2.75, 3.05) is 31.2 Å². The molecule has 0 aromatic carbocycles. The Balaban J connectivity index is 1.94. The Morgan fingerprint density at radius 1 is 1.42 bits per heavy atom. The molecule has 136 valence electrons. The number of aromatic nitrogens is 2. The van der Waals surface area contributed by atoms with Crippen LogP contribution < -0.4 is 10.0 Å². The summed E-state index contributed by atoms with van der Waals surface area (Å²) in [6, 6.07) is 0.0359. The van der Waals surface area contributed by atoms with Crippen LogP contribution in [0.15, 0.2) is 4.52 Å². The third-order valence-corrected chi connectivity index (χ3v) is 4.85. The smallest absolute Gasteiger partial charge is 0.263 e. The van der Waals surface area contributed by atoms with E-state index in [0.29, 0.717) is 30.8 Å². The minimum absolute atomic E-state index is 0.0359. The number of rotatable bonds is 7. The number of carbonyl (C=O) groups excluding carboxylic acids is 1. The third-order valence-electron chi connectivity index (χ3n) is 4.12. The molecule has 24 heavy (non-hydrogen) atoms. The van der Waals surface area contributed by atoms with Crippen LogP contribution in [0.3, 0.4) is 0 Å². The highest BCUT2D eigenvalue weighted by atomic mass is 32.2. The zero-order chi connectivity index (χ0) is 17.9. The van der Waals surface area contributed by atoms with Gasteiger partial charge in [-0.15, -0.1) is 0 Å². The topological polar surface area (TPSA) is 117 Å². The molecule has 1 fully saturated rings. The number of nitrogens with zero attached hydrogens (tertiary/aromatic N) is 3. The fraction of sp³-hybridized carbons (Fsp3) is 0.786. The monoisotopic (exact) mass is 359 g/mol. The normalized spacial score (nSPS) is 21.5. The van der Waals surface area contributed by atoms with Gasteiger partial charge in [0.25, 0.3) is 5.95 Å². The lowest BCUT2D eigenvalue weighted by Gasteiger charge is -2.21. The van der Waals surface area contributed by atoms with Crippen LogP contribution in [0.4, 0.5) is 5.95 Å². The van der Waals surface area contributed by atoms with Crippen LogP contribution in [0.25, 0.3) is 0 Å². The maximum atomic E-state index is 12.3. The zero-order valence-electron chi connectivity index (χ0n) is 14.4. The van der Waals surface area contributed by atoms with Crippen molar-refractivity contribution in [3.8, 4) is 0 Å². The number of hydrogen-bond donors (Lipinski definition) is 2. The van der Waals surface area contributed by atoms with Gasteiger partial charge in [-0.1, -0.05) is 13.8 Å². The van der Waals surface area contributed by atoms with Crippen LogP contribution in [0.2, 0.25) is 0 Å². The van der Waals surface area contributed by atoms with Crippen molar-refractivity contribution in [2.45, 2.75) is 33.2 Å². The average Bonchev–Trinajstić information content (AvgIpc) is 3.04. The summed E-state index contributed by atoms with van der Waals surface area (Å²) >= 11 is 0. The van der Waals surface area contributed by atoms with E-state index in [1.807, 2.05) is 0 Å². The number of sulfonamides is 1. The summed E-state index contributed by atoms with van der Waals surface area (Å²) in [6.07, 6.45) is 1.22. The van der Waals surface area contributed by atoms with E-state index in [4.69, 9.17) is 4.52 Å². The fourth-order valence-corrected chi connectivity index (χ4v) is 3.36. The number of likely N-dealkylation sites (tertiary alicyclic amines) is 1. The number of aryl methyl sites for hydroxylation is 1. The van der Waals surface area contributed by atoms with Crippen LogP contribution in [0.1, 0.15) is 26.2 Å². The van der Waals surface area contributed by atoms with E-state index in [1.165, 1.54) is 0 Å². The van der Waals surface area contributed by atoms with Crippen molar-refractivity contribution in [1.82, 2.24) is 19.8 Å². The molecular weight excluding hydrogens is 334 g/mol. The molecular formula is C14H25N5O4S. The van der Waals surface area contributed by atoms with E-state index in [0.717, 1.165) is 6.26 Å². The van der Waals surface area contributed by atoms with Gasteiger partial charge in [-0.25, -0.2) is 13.1 Å². The van der Waals surface area contributed by atoms with E-state index < -0.39 is 10.0 Å². The summed E-state index contributed by atoms with van der Waals surface area (Å²) in [5, 5.41) is 7.08. The van der Waals surface area contributed by atoms with Gasteiger partial charge in [0.2, 0.25) is 21.8 Å². The molecule has 2 atom stereocenters. The van der Waals surface area contributed by atoms with Gasteiger partial charge in [-0.2, -0.15) is 4.98 Å². The van der Waals surface area contributed by atoms with Gasteiger partial charge < -0.3 is 14.7 Å². The Morgan fingerprint density at radius 3 is 2.67 bits per heavy atom. The van der Waals surface area contributed by atoms with Crippen molar-refractivity contribution in [1.29, 1.82) is 0 Å². The number of anilines is 1. The number of hydrogen-bond acceptors (Lipinski definition) is 7. The lowest BCUT2D eigenvalue weighted by atomic mass is 9.91. The quantitative estimate of drug-likeness (QED) is 0.714. The van der Waals surface area contributed by atoms with Gasteiger partial charge in [0.15, 0.2) is 0 Å². The second kappa shape index (κ2) is 7.47. The SMILES string of the molecule is Cc1nc(N[C@H]2CN(C(=O)CCNS(C)(=O)=O)C[C@@H]2C(C)C)no1. The Hall–Kier alpha value is -1.68. The molecule has 0 aliphatic carbocycles. The largest absolute Gasteiger partial charge is 0.347 e. The molecule has 2 rings (SSSR count). The maximum absolute atomic E-state index is 12.3. The minimum atomic E-state index is -3.28. The highest BCUT2D eigenvalue weighted by Gasteiger charge is 2.37. The molecule has 1 aliphatic rings. The van der Waals surface area contributed by atoms with E-state index in [9.17, 15) is 13.2 Å². The van der Waals surface area contributed by atoms with Gasteiger partial charge in [-0.05, 0) is 11.1 Å². The Morgan fingerprint density at radius 2 is 2.12 bits per heavy atom. The molecule has 0 unspecified atom stereocenters. The molecule has 0 bridgehead atoms. The van der Waals surface area contributed by atoms with Crippen molar-refractivity contribution in [2.24, 2.45) is 11.8 Å². The molecule has 1 saturated heterocycles.